The van der Waals surface area contributed by atoms with E-state index in [1.807, 2.05) is 13.8 Å². The molecular weight excluding hydrogens is 537 g/mol. The van der Waals surface area contributed by atoms with Crippen molar-refractivity contribution >= 4 is 5.97 Å². The molecule has 4 aromatic rings. The van der Waals surface area contributed by atoms with Crippen LogP contribution in [0.3, 0.4) is 0 Å². The Balaban J connectivity index is 1.30. The highest BCUT2D eigenvalue weighted by atomic mass is 19.4. The smallest absolute Gasteiger partial charge is 0.417 e. The third-order valence-corrected chi connectivity index (χ3v) is 7.59. The van der Waals surface area contributed by atoms with E-state index < -0.39 is 23.8 Å². The maximum atomic E-state index is 14.2. The first-order valence-electron chi connectivity index (χ1n) is 13.4. The molecule has 1 aromatic heterocycles. The van der Waals surface area contributed by atoms with Crippen LogP contribution < -0.4 is 9.47 Å². The minimum Gasteiger partial charge on any atom is -0.492 e. The van der Waals surface area contributed by atoms with Gasteiger partial charge in [0.1, 0.15) is 17.6 Å². The summed E-state index contributed by atoms with van der Waals surface area (Å²) in [4.78, 5) is 15.5. The topological polar surface area (TPSA) is 94.7 Å². The maximum absolute atomic E-state index is 14.2. The lowest BCUT2D eigenvalue weighted by Crippen LogP contribution is -2.10. The fourth-order valence-corrected chi connectivity index (χ4v) is 5.60. The van der Waals surface area contributed by atoms with Crippen molar-refractivity contribution < 1.29 is 37.1 Å². The molecule has 212 valence electrons. The molecule has 41 heavy (non-hydrogen) atoms. The molecule has 2 atom stereocenters. The largest absolute Gasteiger partial charge is 0.492 e. The van der Waals surface area contributed by atoms with Crippen LogP contribution in [0.4, 0.5) is 13.2 Å². The number of carboxylic acid groups (broad SMARTS) is 1. The number of fused-ring (bicyclic) bond motifs is 2. The Morgan fingerprint density at radius 2 is 1.80 bits per heavy atom. The summed E-state index contributed by atoms with van der Waals surface area (Å²) in [5.74, 6) is 0.904. The van der Waals surface area contributed by atoms with Gasteiger partial charge in [0.15, 0.2) is 0 Å². The molecule has 0 amide bonds. The maximum Gasteiger partial charge on any atom is 0.417 e. The third kappa shape index (κ3) is 5.14. The lowest BCUT2D eigenvalue weighted by atomic mass is 9.91. The molecule has 0 saturated carbocycles. The molecule has 0 spiro atoms. The van der Waals surface area contributed by atoms with Crippen LogP contribution in [0.25, 0.3) is 22.5 Å². The van der Waals surface area contributed by atoms with Gasteiger partial charge in [0.05, 0.1) is 18.6 Å². The highest BCUT2D eigenvalue weighted by Gasteiger charge is 2.38. The zero-order valence-corrected chi connectivity index (χ0v) is 22.4. The van der Waals surface area contributed by atoms with Gasteiger partial charge in [0, 0.05) is 29.0 Å². The van der Waals surface area contributed by atoms with E-state index in [9.17, 15) is 18.0 Å². The van der Waals surface area contributed by atoms with Gasteiger partial charge in [-0.05, 0) is 47.2 Å². The summed E-state index contributed by atoms with van der Waals surface area (Å²) < 4.78 is 59.8. The normalized spacial score (nSPS) is 17.8. The van der Waals surface area contributed by atoms with Gasteiger partial charge in [0.2, 0.25) is 11.7 Å². The first-order valence-corrected chi connectivity index (χ1v) is 13.4. The van der Waals surface area contributed by atoms with Crippen molar-refractivity contribution in [2.45, 2.75) is 57.2 Å². The van der Waals surface area contributed by atoms with Crippen molar-refractivity contribution in [2.24, 2.45) is 0 Å². The lowest BCUT2D eigenvalue weighted by Gasteiger charge is -2.20. The number of benzene rings is 3. The summed E-state index contributed by atoms with van der Waals surface area (Å²) in [6.45, 7) is 4.15. The van der Waals surface area contributed by atoms with Crippen molar-refractivity contribution in [3.63, 3.8) is 0 Å². The van der Waals surface area contributed by atoms with Crippen LogP contribution in [0.5, 0.6) is 11.5 Å². The van der Waals surface area contributed by atoms with Gasteiger partial charge in [-0.15, -0.1) is 0 Å². The van der Waals surface area contributed by atoms with E-state index >= 15 is 0 Å². The highest BCUT2D eigenvalue weighted by Crippen LogP contribution is 2.47. The number of alkyl halides is 3. The Morgan fingerprint density at radius 3 is 2.49 bits per heavy atom. The number of carbonyl (C=O) groups is 1. The van der Waals surface area contributed by atoms with Gasteiger partial charge in [-0.3, -0.25) is 4.79 Å². The van der Waals surface area contributed by atoms with Gasteiger partial charge in [0.25, 0.3) is 0 Å². The first-order chi connectivity index (χ1) is 19.6. The van der Waals surface area contributed by atoms with Crippen molar-refractivity contribution in [3.8, 4) is 34.0 Å². The Bertz CT molecular complexity index is 1610. The number of carboxylic acids is 1. The Kier molecular flexibility index (Phi) is 6.71. The molecule has 1 aliphatic heterocycles. The molecule has 10 heteroatoms. The van der Waals surface area contributed by atoms with Crippen LogP contribution in [0.15, 0.2) is 59.1 Å². The number of ether oxygens (including phenoxy) is 2. The second-order valence-corrected chi connectivity index (χ2v) is 10.7. The molecule has 7 nitrogen and oxygen atoms in total. The third-order valence-electron chi connectivity index (χ3n) is 7.59. The number of hydrogen-bond donors (Lipinski definition) is 1. The van der Waals surface area contributed by atoms with E-state index in [0.29, 0.717) is 58.3 Å². The number of halogens is 3. The molecule has 1 aliphatic carbocycles. The van der Waals surface area contributed by atoms with E-state index in [1.54, 1.807) is 42.5 Å². The van der Waals surface area contributed by atoms with Crippen molar-refractivity contribution in [1.82, 2.24) is 10.1 Å². The summed E-state index contributed by atoms with van der Waals surface area (Å²) in [5, 5.41) is 13.1. The van der Waals surface area contributed by atoms with Crippen LogP contribution in [0.1, 0.15) is 72.8 Å². The minimum atomic E-state index is -4.54. The number of aliphatic carboxylic acids is 1. The van der Waals surface area contributed by atoms with E-state index in [1.165, 1.54) is 6.07 Å². The molecule has 0 bridgehead atoms. The van der Waals surface area contributed by atoms with Gasteiger partial charge >= 0.3 is 12.1 Å². The number of rotatable bonds is 7. The van der Waals surface area contributed by atoms with Gasteiger partial charge in [-0.25, -0.2) is 0 Å². The van der Waals surface area contributed by atoms with E-state index in [4.69, 9.17) is 19.1 Å². The monoisotopic (exact) mass is 564 g/mol. The Morgan fingerprint density at radius 1 is 1.07 bits per heavy atom. The molecule has 3 aromatic carbocycles. The standard InChI is InChI=1S/C31H27F3N2O5/c1-16(2)30-35-29(36-41-30)18-5-3-17(4-6-18)28-23-10-12-25(22(23)9-11-24(28)31(32,33)34)40-20-7-8-21-19(13-27(37)38)15-39-26(21)14-20/h3-9,11,14,16,19,25H,10,12-13,15H2,1-2H3,(H,37,38)/t19-,25-/m1/s1. The lowest BCUT2D eigenvalue weighted by molar-refractivity contribution is -0.138. The molecule has 2 heterocycles. The van der Waals surface area contributed by atoms with Crippen LogP contribution >= 0.6 is 0 Å². The Hall–Kier alpha value is -4.34. The second kappa shape index (κ2) is 10.2. The predicted octanol–water partition coefficient (Wildman–Crippen LogP) is 7.56. The summed E-state index contributed by atoms with van der Waals surface area (Å²) in [5.41, 5.74) is 2.69. The average molecular weight is 565 g/mol. The zero-order chi connectivity index (χ0) is 28.9. The van der Waals surface area contributed by atoms with E-state index in [0.717, 1.165) is 11.6 Å². The van der Waals surface area contributed by atoms with Crippen molar-refractivity contribution in [1.29, 1.82) is 0 Å². The van der Waals surface area contributed by atoms with Gasteiger partial charge in [-0.2, -0.15) is 18.2 Å². The summed E-state index contributed by atoms with van der Waals surface area (Å²) in [7, 11) is 0. The first kappa shape index (κ1) is 26.9. The van der Waals surface area contributed by atoms with Crippen molar-refractivity contribution in [3.05, 3.63) is 82.7 Å². The predicted molar refractivity (Wildman–Crippen MR) is 143 cm³/mol. The molecule has 0 radical (unpaired) electrons. The van der Waals surface area contributed by atoms with Crippen LogP contribution in [-0.4, -0.2) is 27.8 Å². The summed E-state index contributed by atoms with van der Waals surface area (Å²) in [6.07, 6.45) is -4.06. The number of hydrogen-bond acceptors (Lipinski definition) is 6. The van der Waals surface area contributed by atoms with E-state index in [2.05, 4.69) is 10.1 Å². The molecule has 0 unspecified atom stereocenters. The van der Waals surface area contributed by atoms with Crippen molar-refractivity contribution in [2.75, 3.05) is 6.61 Å². The number of aromatic nitrogens is 2. The highest BCUT2D eigenvalue weighted by molar-refractivity contribution is 5.76. The molecule has 1 N–H and O–H groups in total. The van der Waals surface area contributed by atoms with Gasteiger partial charge < -0.3 is 19.1 Å². The van der Waals surface area contributed by atoms with Crippen LogP contribution in [0, 0.1) is 0 Å². The zero-order valence-electron chi connectivity index (χ0n) is 22.4. The molecule has 0 fully saturated rings. The van der Waals surface area contributed by atoms with E-state index in [-0.39, 0.29) is 30.4 Å². The number of nitrogens with zero attached hydrogens (tertiary/aromatic N) is 2. The molecule has 0 saturated heterocycles. The Labute approximate surface area is 233 Å². The average Bonchev–Trinajstić information content (AvgIpc) is 3.67. The molecular formula is C31H27F3N2O5. The SMILES string of the molecule is CC(C)c1nc(-c2ccc(-c3c(C(F)(F)F)ccc4c3CC[C@H]4Oc3ccc4c(c3)OC[C@H]4CC(=O)O)cc2)no1. The quantitative estimate of drug-likeness (QED) is 0.247. The summed E-state index contributed by atoms with van der Waals surface area (Å²) in [6, 6.07) is 14.6. The molecule has 2 aliphatic rings. The minimum absolute atomic E-state index is 0.0252. The summed E-state index contributed by atoms with van der Waals surface area (Å²) >= 11 is 0. The second-order valence-electron chi connectivity index (χ2n) is 10.7. The fraction of sp³-hybridized carbons (Fsp3) is 0.323. The van der Waals surface area contributed by atoms with Crippen LogP contribution in [-0.2, 0) is 17.4 Å². The molecule has 6 rings (SSSR count). The van der Waals surface area contributed by atoms with Gasteiger partial charge in [-0.1, -0.05) is 55.4 Å². The fourth-order valence-electron chi connectivity index (χ4n) is 5.60. The van der Waals surface area contributed by atoms with Crippen LogP contribution in [0.2, 0.25) is 0 Å².